The average Bonchev–Trinajstić information content (AvgIpc) is 2.38. The van der Waals surface area contributed by atoms with Crippen molar-refractivity contribution in [3.63, 3.8) is 0 Å². The first-order valence-corrected chi connectivity index (χ1v) is 7.51. The van der Waals surface area contributed by atoms with E-state index in [1.165, 1.54) is 0 Å². The van der Waals surface area contributed by atoms with E-state index in [-0.39, 0.29) is 11.0 Å². The Morgan fingerprint density at radius 3 is 2.24 bits per heavy atom. The van der Waals surface area contributed by atoms with Crippen LogP contribution in [0.2, 0.25) is 0 Å². The van der Waals surface area contributed by atoms with E-state index in [1.807, 2.05) is 52.0 Å². The summed E-state index contributed by atoms with van der Waals surface area (Å²) in [7, 11) is 0. The van der Waals surface area contributed by atoms with Crippen LogP contribution in [0.15, 0.2) is 34.8 Å². The van der Waals surface area contributed by atoms with Gasteiger partial charge in [-0.3, -0.25) is 4.98 Å². The molecule has 3 nitrogen and oxygen atoms in total. The molecule has 0 spiro atoms. The van der Waals surface area contributed by atoms with Crippen LogP contribution in [0.3, 0.4) is 0 Å². The van der Waals surface area contributed by atoms with E-state index in [4.69, 9.17) is 0 Å². The first kappa shape index (κ1) is 15.7. The van der Waals surface area contributed by atoms with Crippen molar-refractivity contribution < 1.29 is 9.90 Å². The number of carboxylic acids is 1. The molecule has 110 valence electrons. The molecule has 0 radical (unpaired) electrons. The summed E-state index contributed by atoms with van der Waals surface area (Å²) < 4.78 is 0.988. The molecule has 0 aliphatic rings. The van der Waals surface area contributed by atoms with Crippen molar-refractivity contribution in [2.75, 3.05) is 0 Å². The summed E-state index contributed by atoms with van der Waals surface area (Å²) in [6.45, 7) is 7.83. The fourth-order valence-corrected chi connectivity index (χ4v) is 2.53. The van der Waals surface area contributed by atoms with Crippen molar-refractivity contribution >= 4 is 21.9 Å². The van der Waals surface area contributed by atoms with Crippen molar-refractivity contribution in [2.45, 2.75) is 33.1 Å². The number of aromatic nitrogens is 1. The monoisotopic (exact) mass is 347 g/mol. The number of hydrogen-bond donors (Lipinski definition) is 1. The molecule has 1 heterocycles. The fraction of sp³-hybridized carbons (Fsp3) is 0.294. The van der Waals surface area contributed by atoms with Gasteiger partial charge in [0.2, 0.25) is 0 Å². The Morgan fingerprint density at radius 2 is 1.76 bits per heavy atom. The van der Waals surface area contributed by atoms with Gasteiger partial charge in [0.15, 0.2) is 0 Å². The largest absolute Gasteiger partial charge is 0.478 e. The Bertz CT molecular complexity index is 685. The third-order valence-corrected chi connectivity index (χ3v) is 3.84. The van der Waals surface area contributed by atoms with Crippen molar-refractivity contribution in [3.05, 3.63) is 51.8 Å². The quantitative estimate of drug-likeness (QED) is 0.847. The minimum atomic E-state index is -0.939. The molecular formula is C17H18BrNO2. The van der Waals surface area contributed by atoms with Gasteiger partial charge in [0.05, 0.1) is 11.3 Å². The Labute approximate surface area is 133 Å². The second-order valence-electron chi connectivity index (χ2n) is 6.08. The highest BCUT2D eigenvalue weighted by Crippen LogP contribution is 2.31. The Hall–Kier alpha value is -1.68. The lowest BCUT2D eigenvalue weighted by molar-refractivity contribution is 0.0693. The summed E-state index contributed by atoms with van der Waals surface area (Å²) in [5.41, 5.74) is 3.24. The number of aryl methyl sites for hydroxylation is 1. The fourth-order valence-electron chi connectivity index (χ4n) is 2.26. The van der Waals surface area contributed by atoms with Gasteiger partial charge in [-0.25, -0.2) is 4.79 Å². The summed E-state index contributed by atoms with van der Waals surface area (Å²) in [6, 6.07) is 9.52. The summed E-state index contributed by atoms with van der Waals surface area (Å²) >= 11 is 3.40. The molecule has 1 N–H and O–H groups in total. The highest BCUT2D eigenvalue weighted by Gasteiger charge is 2.25. The third kappa shape index (κ3) is 3.32. The van der Waals surface area contributed by atoms with Crippen molar-refractivity contribution in [2.24, 2.45) is 0 Å². The van der Waals surface area contributed by atoms with Crippen LogP contribution in [-0.2, 0) is 5.41 Å². The van der Waals surface area contributed by atoms with Gasteiger partial charge in [0.1, 0.15) is 0 Å². The molecule has 0 fully saturated rings. The van der Waals surface area contributed by atoms with E-state index in [2.05, 4.69) is 20.9 Å². The lowest BCUT2D eigenvalue weighted by Crippen LogP contribution is -2.20. The molecule has 0 aliphatic carbocycles. The molecule has 0 atom stereocenters. The highest BCUT2D eigenvalue weighted by molar-refractivity contribution is 9.10. The van der Waals surface area contributed by atoms with Gasteiger partial charge in [-0.15, -0.1) is 0 Å². The molecule has 0 aliphatic heterocycles. The summed E-state index contributed by atoms with van der Waals surface area (Å²) in [4.78, 5) is 16.1. The molecule has 1 aromatic heterocycles. The van der Waals surface area contributed by atoms with Crippen LogP contribution < -0.4 is 0 Å². The van der Waals surface area contributed by atoms with E-state index in [9.17, 15) is 9.90 Å². The zero-order valence-electron chi connectivity index (χ0n) is 12.6. The van der Waals surface area contributed by atoms with Gasteiger partial charge < -0.3 is 5.11 Å². The molecule has 0 amide bonds. The predicted octanol–water partition coefficient (Wildman–Crippen LogP) is 4.82. The number of nitrogens with zero attached hydrogens (tertiary/aromatic N) is 1. The van der Waals surface area contributed by atoms with E-state index >= 15 is 0 Å². The van der Waals surface area contributed by atoms with Crippen LogP contribution in [0.25, 0.3) is 11.1 Å². The summed E-state index contributed by atoms with van der Waals surface area (Å²) in [6.07, 6.45) is 0. The molecule has 21 heavy (non-hydrogen) atoms. The topological polar surface area (TPSA) is 50.2 Å². The van der Waals surface area contributed by atoms with E-state index in [0.29, 0.717) is 5.69 Å². The van der Waals surface area contributed by atoms with Gasteiger partial charge in [-0.05, 0) is 30.7 Å². The number of carbonyl (C=O) groups is 1. The summed E-state index contributed by atoms with van der Waals surface area (Å²) in [5.74, 6) is -0.939. The second-order valence-corrected chi connectivity index (χ2v) is 7.00. The average molecular weight is 348 g/mol. The Morgan fingerprint density at radius 1 is 1.19 bits per heavy atom. The molecule has 0 bridgehead atoms. The maximum absolute atomic E-state index is 11.6. The second kappa shape index (κ2) is 5.60. The van der Waals surface area contributed by atoms with Gasteiger partial charge in [-0.2, -0.15) is 0 Å². The number of carboxylic acid groups (broad SMARTS) is 1. The number of benzene rings is 1. The van der Waals surface area contributed by atoms with E-state index in [1.54, 1.807) is 6.07 Å². The molecule has 1 aromatic carbocycles. The number of pyridine rings is 1. The van der Waals surface area contributed by atoms with Crippen LogP contribution >= 0.6 is 15.9 Å². The first-order chi connectivity index (χ1) is 9.70. The molecular weight excluding hydrogens is 330 g/mol. The van der Waals surface area contributed by atoms with Crippen LogP contribution in [-0.4, -0.2) is 16.1 Å². The maximum atomic E-state index is 11.6. The molecule has 0 saturated heterocycles. The standard InChI is InChI=1S/C17H18BrNO2/c1-10-13(11-5-7-12(18)8-6-11)9-14(16(20)21)15(19-10)17(2,3)4/h5-9H,1-4H3,(H,20,21). The van der Waals surface area contributed by atoms with Crippen LogP contribution in [0.4, 0.5) is 0 Å². The molecule has 0 unspecified atom stereocenters. The molecule has 2 rings (SSSR count). The van der Waals surface area contributed by atoms with Gasteiger partial charge >= 0.3 is 5.97 Å². The molecule has 2 aromatic rings. The number of hydrogen-bond acceptors (Lipinski definition) is 2. The SMILES string of the molecule is Cc1nc(C(C)(C)C)c(C(=O)O)cc1-c1ccc(Br)cc1. The van der Waals surface area contributed by atoms with Crippen molar-refractivity contribution in [1.29, 1.82) is 0 Å². The van der Waals surface area contributed by atoms with Gasteiger partial charge in [0.25, 0.3) is 0 Å². The van der Waals surface area contributed by atoms with Crippen LogP contribution in [0.1, 0.15) is 42.5 Å². The smallest absolute Gasteiger partial charge is 0.337 e. The van der Waals surface area contributed by atoms with Gasteiger partial charge in [0, 0.05) is 21.1 Å². The minimum absolute atomic E-state index is 0.269. The number of halogens is 1. The number of aromatic carboxylic acids is 1. The number of rotatable bonds is 2. The Balaban J connectivity index is 2.67. The molecule has 0 saturated carbocycles. The minimum Gasteiger partial charge on any atom is -0.478 e. The van der Waals surface area contributed by atoms with Crippen molar-refractivity contribution in [3.8, 4) is 11.1 Å². The zero-order chi connectivity index (χ0) is 15.8. The lowest BCUT2D eigenvalue weighted by Gasteiger charge is -2.22. The zero-order valence-corrected chi connectivity index (χ0v) is 14.2. The highest BCUT2D eigenvalue weighted by atomic mass is 79.9. The Kier molecular flexibility index (Phi) is 4.19. The van der Waals surface area contributed by atoms with E-state index < -0.39 is 5.97 Å². The summed E-state index contributed by atoms with van der Waals surface area (Å²) in [5, 5.41) is 9.49. The van der Waals surface area contributed by atoms with Crippen molar-refractivity contribution in [1.82, 2.24) is 4.98 Å². The maximum Gasteiger partial charge on any atom is 0.337 e. The first-order valence-electron chi connectivity index (χ1n) is 6.71. The van der Waals surface area contributed by atoms with Gasteiger partial charge in [-0.1, -0.05) is 48.8 Å². The normalized spacial score (nSPS) is 11.5. The van der Waals surface area contributed by atoms with E-state index in [0.717, 1.165) is 21.3 Å². The lowest BCUT2D eigenvalue weighted by atomic mass is 9.86. The third-order valence-electron chi connectivity index (χ3n) is 3.31. The van der Waals surface area contributed by atoms with Crippen LogP contribution in [0.5, 0.6) is 0 Å². The predicted molar refractivity (Wildman–Crippen MR) is 87.8 cm³/mol. The van der Waals surface area contributed by atoms with Crippen LogP contribution in [0, 0.1) is 6.92 Å². The molecule has 4 heteroatoms.